The van der Waals surface area contributed by atoms with Crippen molar-refractivity contribution in [2.75, 3.05) is 0 Å². The number of fused-ring (bicyclic) bond motifs is 16. The van der Waals surface area contributed by atoms with Gasteiger partial charge in [0.15, 0.2) is 17.5 Å². The number of hydrogen-bond donors (Lipinski definition) is 0. The van der Waals surface area contributed by atoms with Gasteiger partial charge in [-0.2, -0.15) is 0 Å². The molecule has 0 fully saturated rings. The van der Waals surface area contributed by atoms with E-state index >= 15 is 0 Å². The molecule has 0 bridgehead atoms. The highest BCUT2D eigenvalue weighted by atomic mass is 16.3. The number of aromatic nitrogens is 3. The maximum atomic E-state index is 6.65. The standard InChI is InChI=1S/C70H41N3O2/c1-2-16-42(17-3-1)43-18-13-21-48(39-43)67-71-68(73-69(72-67)55-28-14-26-53-52-25-7-11-32-62(52)75-66(53)55)54-27-15-33-64-65(54)57-41-47(35-37-63(57)74-64)45-20-12-19-44(38-45)46-34-36-61-56(40-46)51-24-6-10-31-60(51)70(61)58-29-8-4-22-49(58)50-23-5-9-30-59(50)70/h1-41H. The summed E-state index contributed by atoms with van der Waals surface area (Å²) in [5.41, 5.74) is 22.5. The summed E-state index contributed by atoms with van der Waals surface area (Å²) in [5, 5.41) is 3.97. The molecule has 0 unspecified atom stereocenters. The van der Waals surface area contributed by atoms with Gasteiger partial charge in [-0.05, 0) is 126 Å². The molecule has 0 radical (unpaired) electrons. The second kappa shape index (κ2) is 16.0. The summed E-state index contributed by atoms with van der Waals surface area (Å²) in [5.74, 6) is 1.62. The Morgan fingerprint density at radius 3 is 1.48 bits per heavy atom. The lowest BCUT2D eigenvalue weighted by Gasteiger charge is -2.30. The third kappa shape index (κ3) is 6.16. The Labute approximate surface area is 431 Å². The molecule has 3 heterocycles. The van der Waals surface area contributed by atoms with Crippen LogP contribution in [0.25, 0.3) is 134 Å². The van der Waals surface area contributed by atoms with Crippen LogP contribution in [-0.2, 0) is 5.41 Å². The van der Waals surface area contributed by atoms with Crippen LogP contribution in [0.4, 0.5) is 0 Å². The highest BCUT2D eigenvalue weighted by molar-refractivity contribution is 6.13. The summed E-state index contributed by atoms with van der Waals surface area (Å²) < 4.78 is 13.2. The van der Waals surface area contributed by atoms with Crippen LogP contribution < -0.4 is 0 Å². The molecule has 0 amide bonds. The minimum atomic E-state index is -0.373. The van der Waals surface area contributed by atoms with Crippen molar-refractivity contribution in [3.8, 4) is 89.8 Å². The summed E-state index contributed by atoms with van der Waals surface area (Å²) in [4.78, 5) is 15.9. The van der Waals surface area contributed by atoms with Gasteiger partial charge in [-0.25, -0.2) is 15.0 Å². The number of furan rings is 2. The Kier molecular flexibility index (Phi) is 8.89. The van der Waals surface area contributed by atoms with Crippen molar-refractivity contribution in [2.24, 2.45) is 0 Å². The van der Waals surface area contributed by atoms with Crippen LogP contribution >= 0.6 is 0 Å². The summed E-state index contributed by atoms with van der Waals surface area (Å²) in [6, 6.07) is 88.7. The molecule has 5 nitrogen and oxygen atoms in total. The molecule has 348 valence electrons. The van der Waals surface area contributed by atoms with Crippen molar-refractivity contribution < 1.29 is 8.83 Å². The second-order valence-electron chi connectivity index (χ2n) is 19.8. The molecule has 0 aliphatic heterocycles. The highest BCUT2D eigenvalue weighted by Gasteiger charge is 2.51. The normalized spacial score (nSPS) is 12.9. The SMILES string of the molecule is c1ccc(-c2cccc(-c3nc(-c4cccc5c4oc4ccccc45)nc(-c4cccc5oc6ccc(-c7cccc(-c8ccc9c(c8)-c8ccccc8C98c9ccccc9-c9ccccc98)c7)cc6c45)n3)c2)cc1. The van der Waals surface area contributed by atoms with E-state index in [1.807, 2.05) is 48.5 Å². The third-order valence-electron chi connectivity index (χ3n) is 15.8. The molecular weight excluding hydrogens is 915 g/mol. The molecule has 2 aliphatic rings. The molecule has 0 saturated carbocycles. The molecule has 14 aromatic rings. The Morgan fingerprint density at radius 1 is 0.253 bits per heavy atom. The molecule has 0 atom stereocenters. The Morgan fingerprint density at radius 2 is 0.720 bits per heavy atom. The number of para-hydroxylation sites is 2. The van der Waals surface area contributed by atoms with E-state index < -0.39 is 0 Å². The van der Waals surface area contributed by atoms with Crippen LogP contribution in [0.1, 0.15) is 22.3 Å². The van der Waals surface area contributed by atoms with Gasteiger partial charge >= 0.3 is 0 Å². The molecule has 75 heavy (non-hydrogen) atoms. The fourth-order valence-electron chi connectivity index (χ4n) is 12.5. The van der Waals surface area contributed by atoms with E-state index in [2.05, 4.69) is 200 Å². The van der Waals surface area contributed by atoms with E-state index in [-0.39, 0.29) is 5.41 Å². The number of rotatable bonds is 6. The first-order valence-corrected chi connectivity index (χ1v) is 25.5. The van der Waals surface area contributed by atoms with Gasteiger partial charge in [-0.15, -0.1) is 0 Å². The first kappa shape index (κ1) is 41.6. The van der Waals surface area contributed by atoms with E-state index in [1.54, 1.807) is 0 Å². The predicted octanol–water partition coefficient (Wildman–Crippen LogP) is 18.0. The van der Waals surface area contributed by atoms with Crippen molar-refractivity contribution in [2.45, 2.75) is 5.41 Å². The summed E-state index contributed by atoms with van der Waals surface area (Å²) in [7, 11) is 0. The molecule has 0 saturated heterocycles. The van der Waals surface area contributed by atoms with E-state index in [9.17, 15) is 0 Å². The number of hydrogen-bond acceptors (Lipinski definition) is 5. The van der Waals surface area contributed by atoms with Gasteiger partial charge < -0.3 is 8.83 Å². The first-order valence-electron chi connectivity index (χ1n) is 25.5. The molecule has 1 spiro atoms. The smallest absolute Gasteiger partial charge is 0.167 e. The van der Waals surface area contributed by atoms with Crippen LogP contribution in [0.2, 0.25) is 0 Å². The quantitative estimate of drug-likeness (QED) is 0.166. The van der Waals surface area contributed by atoms with Crippen molar-refractivity contribution in [1.82, 2.24) is 15.0 Å². The predicted molar refractivity (Wildman–Crippen MR) is 303 cm³/mol. The maximum absolute atomic E-state index is 6.65. The Hall–Kier alpha value is -9.97. The second-order valence-corrected chi connectivity index (χ2v) is 19.8. The van der Waals surface area contributed by atoms with Crippen molar-refractivity contribution >= 4 is 43.9 Å². The lowest BCUT2D eigenvalue weighted by molar-refractivity contribution is 0.668. The van der Waals surface area contributed by atoms with Gasteiger partial charge in [0.25, 0.3) is 0 Å². The summed E-state index contributed by atoms with van der Waals surface area (Å²) >= 11 is 0. The van der Waals surface area contributed by atoms with E-state index in [0.717, 1.165) is 88.4 Å². The maximum Gasteiger partial charge on any atom is 0.167 e. The fourth-order valence-corrected chi connectivity index (χ4v) is 12.5. The van der Waals surface area contributed by atoms with E-state index in [1.165, 1.54) is 50.1 Å². The third-order valence-corrected chi connectivity index (χ3v) is 15.8. The zero-order valence-corrected chi connectivity index (χ0v) is 40.3. The van der Waals surface area contributed by atoms with Crippen LogP contribution in [-0.4, -0.2) is 15.0 Å². The van der Waals surface area contributed by atoms with Crippen LogP contribution in [0.5, 0.6) is 0 Å². The van der Waals surface area contributed by atoms with E-state index in [0.29, 0.717) is 17.5 Å². The van der Waals surface area contributed by atoms with Gasteiger partial charge in [-0.1, -0.05) is 200 Å². The largest absolute Gasteiger partial charge is 0.456 e. The molecule has 2 aliphatic carbocycles. The van der Waals surface area contributed by atoms with Crippen LogP contribution in [0, 0.1) is 0 Å². The van der Waals surface area contributed by atoms with Crippen LogP contribution in [0.3, 0.4) is 0 Å². The van der Waals surface area contributed by atoms with Crippen molar-refractivity contribution in [3.63, 3.8) is 0 Å². The minimum Gasteiger partial charge on any atom is -0.456 e. The summed E-state index contributed by atoms with van der Waals surface area (Å²) in [6.07, 6.45) is 0. The molecule has 3 aromatic heterocycles. The topological polar surface area (TPSA) is 65.0 Å². The minimum absolute atomic E-state index is 0.373. The average molecular weight is 956 g/mol. The van der Waals surface area contributed by atoms with Gasteiger partial charge in [-0.3, -0.25) is 0 Å². The molecule has 5 heteroatoms. The molecule has 11 aromatic carbocycles. The van der Waals surface area contributed by atoms with Crippen molar-refractivity contribution in [3.05, 3.63) is 271 Å². The lowest BCUT2D eigenvalue weighted by atomic mass is 9.70. The van der Waals surface area contributed by atoms with Crippen LogP contribution in [0.15, 0.2) is 258 Å². The lowest BCUT2D eigenvalue weighted by Crippen LogP contribution is -2.25. The molecular formula is C70H41N3O2. The Balaban J connectivity index is 0.832. The fraction of sp³-hybridized carbons (Fsp3) is 0.0143. The van der Waals surface area contributed by atoms with E-state index in [4.69, 9.17) is 23.8 Å². The number of nitrogens with zero attached hydrogens (tertiary/aromatic N) is 3. The highest BCUT2D eigenvalue weighted by Crippen LogP contribution is 2.63. The van der Waals surface area contributed by atoms with Gasteiger partial charge in [0.1, 0.15) is 22.3 Å². The molecule has 0 N–H and O–H groups in total. The van der Waals surface area contributed by atoms with Gasteiger partial charge in [0.05, 0.1) is 11.0 Å². The zero-order chi connectivity index (χ0) is 49.2. The number of benzene rings is 11. The Bertz CT molecular complexity index is 4630. The van der Waals surface area contributed by atoms with Gasteiger partial charge in [0, 0.05) is 32.7 Å². The first-order chi connectivity index (χ1) is 37.2. The monoisotopic (exact) mass is 955 g/mol. The van der Waals surface area contributed by atoms with Crippen molar-refractivity contribution in [1.29, 1.82) is 0 Å². The summed E-state index contributed by atoms with van der Waals surface area (Å²) in [6.45, 7) is 0. The molecule has 16 rings (SSSR count). The zero-order valence-electron chi connectivity index (χ0n) is 40.3. The van der Waals surface area contributed by atoms with Gasteiger partial charge in [0.2, 0.25) is 0 Å². The average Bonchev–Trinajstić information content (AvgIpc) is 4.41.